The number of carbonyl (C=O) groups is 1. The summed E-state index contributed by atoms with van der Waals surface area (Å²) in [5.74, 6) is 1.27. The van der Waals surface area contributed by atoms with E-state index in [0.29, 0.717) is 25.1 Å². The Bertz CT molecular complexity index is 1060. The maximum atomic E-state index is 13.2. The summed E-state index contributed by atoms with van der Waals surface area (Å²) in [6.07, 6.45) is 2.99. The normalized spacial score (nSPS) is 15.9. The van der Waals surface area contributed by atoms with Crippen molar-refractivity contribution >= 4 is 11.7 Å². The van der Waals surface area contributed by atoms with Gasteiger partial charge >= 0.3 is 0 Å². The standard InChI is InChI=1S/C24H23FN4O/c25-19-10-8-18(9-11-19)24(30)29-15-12-21-20(16-29)23(28-13-4-5-14-28)27-22(26-21)17-6-2-1-3-7-17/h1-3,6-11H,4-5,12-16H2. The van der Waals surface area contributed by atoms with Crippen LogP contribution < -0.4 is 4.90 Å². The second kappa shape index (κ2) is 7.86. The van der Waals surface area contributed by atoms with Gasteiger partial charge in [-0.25, -0.2) is 14.4 Å². The number of anilines is 1. The Labute approximate surface area is 175 Å². The Morgan fingerprint density at radius 2 is 1.63 bits per heavy atom. The fourth-order valence-corrected chi connectivity index (χ4v) is 4.25. The first-order valence-corrected chi connectivity index (χ1v) is 10.4. The zero-order valence-electron chi connectivity index (χ0n) is 16.7. The van der Waals surface area contributed by atoms with Crippen molar-refractivity contribution in [2.75, 3.05) is 24.5 Å². The van der Waals surface area contributed by atoms with Crippen molar-refractivity contribution in [1.82, 2.24) is 14.9 Å². The highest BCUT2D eigenvalue weighted by atomic mass is 19.1. The maximum Gasteiger partial charge on any atom is 0.254 e. The molecule has 0 aliphatic carbocycles. The van der Waals surface area contributed by atoms with Gasteiger partial charge in [-0.1, -0.05) is 30.3 Å². The van der Waals surface area contributed by atoms with Gasteiger partial charge in [-0.15, -0.1) is 0 Å². The number of aromatic nitrogens is 2. The minimum absolute atomic E-state index is 0.0832. The molecular weight excluding hydrogens is 379 g/mol. The monoisotopic (exact) mass is 402 g/mol. The number of hydrogen-bond donors (Lipinski definition) is 0. The highest BCUT2D eigenvalue weighted by Crippen LogP contribution is 2.32. The van der Waals surface area contributed by atoms with E-state index in [4.69, 9.17) is 9.97 Å². The van der Waals surface area contributed by atoms with Crippen LogP contribution in [-0.2, 0) is 13.0 Å². The van der Waals surface area contributed by atoms with Crippen LogP contribution in [0.25, 0.3) is 11.4 Å². The zero-order chi connectivity index (χ0) is 20.5. The van der Waals surface area contributed by atoms with E-state index in [1.54, 1.807) is 12.1 Å². The SMILES string of the molecule is O=C(c1ccc(F)cc1)N1CCc2nc(-c3ccccc3)nc(N3CCCC3)c2C1. The Balaban J connectivity index is 1.51. The molecular formula is C24H23FN4O. The van der Waals surface area contributed by atoms with E-state index in [2.05, 4.69) is 4.90 Å². The van der Waals surface area contributed by atoms with Gasteiger partial charge in [0.25, 0.3) is 5.91 Å². The van der Waals surface area contributed by atoms with Gasteiger partial charge in [0.2, 0.25) is 0 Å². The minimum atomic E-state index is -0.339. The number of fused-ring (bicyclic) bond motifs is 1. The quantitative estimate of drug-likeness (QED) is 0.662. The number of hydrogen-bond acceptors (Lipinski definition) is 4. The van der Waals surface area contributed by atoms with E-state index in [1.807, 2.05) is 35.2 Å². The van der Waals surface area contributed by atoms with Crippen molar-refractivity contribution in [2.24, 2.45) is 0 Å². The second-order valence-electron chi connectivity index (χ2n) is 7.84. The van der Waals surface area contributed by atoms with Crippen LogP contribution in [-0.4, -0.2) is 40.4 Å². The molecule has 1 aromatic heterocycles. The Morgan fingerprint density at radius 3 is 2.37 bits per heavy atom. The van der Waals surface area contributed by atoms with Crippen molar-refractivity contribution in [2.45, 2.75) is 25.8 Å². The van der Waals surface area contributed by atoms with E-state index in [9.17, 15) is 9.18 Å². The molecule has 0 saturated carbocycles. The van der Waals surface area contributed by atoms with E-state index in [0.717, 1.165) is 54.4 Å². The molecule has 0 N–H and O–H groups in total. The maximum absolute atomic E-state index is 13.2. The van der Waals surface area contributed by atoms with Gasteiger partial charge in [0.1, 0.15) is 11.6 Å². The summed E-state index contributed by atoms with van der Waals surface area (Å²) in [7, 11) is 0. The van der Waals surface area contributed by atoms with E-state index < -0.39 is 0 Å². The van der Waals surface area contributed by atoms with Crippen LogP contribution in [0, 0.1) is 5.82 Å². The average molecular weight is 402 g/mol. The van der Waals surface area contributed by atoms with Crippen LogP contribution in [0.15, 0.2) is 54.6 Å². The third-order valence-electron chi connectivity index (χ3n) is 5.85. The number of nitrogens with zero attached hydrogens (tertiary/aromatic N) is 4. The Hall–Kier alpha value is -3.28. The van der Waals surface area contributed by atoms with Crippen molar-refractivity contribution < 1.29 is 9.18 Å². The molecule has 0 atom stereocenters. The number of rotatable bonds is 3. The first-order chi connectivity index (χ1) is 14.7. The summed E-state index contributed by atoms with van der Waals surface area (Å²) in [4.78, 5) is 26.9. The molecule has 0 radical (unpaired) electrons. The Morgan fingerprint density at radius 1 is 0.900 bits per heavy atom. The smallest absolute Gasteiger partial charge is 0.254 e. The van der Waals surface area contributed by atoms with Gasteiger partial charge in [-0.3, -0.25) is 4.79 Å². The molecule has 3 heterocycles. The third kappa shape index (κ3) is 3.54. The lowest BCUT2D eigenvalue weighted by molar-refractivity contribution is 0.0733. The van der Waals surface area contributed by atoms with Crippen LogP contribution in [0.1, 0.15) is 34.5 Å². The molecule has 1 fully saturated rings. The van der Waals surface area contributed by atoms with Gasteiger partial charge in [-0.2, -0.15) is 0 Å². The molecule has 3 aromatic rings. The largest absolute Gasteiger partial charge is 0.356 e. The molecule has 0 spiro atoms. The molecule has 5 rings (SSSR count). The summed E-state index contributed by atoms with van der Waals surface area (Å²) in [5.41, 5.74) is 3.57. The predicted molar refractivity (Wildman–Crippen MR) is 114 cm³/mol. The van der Waals surface area contributed by atoms with Crippen LogP contribution in [0.2, 0.25) is 0 Å². The molecule has 1 saturated heterocycles. The first kappa shape index (κ1) is 18.7. The molecule has 6 heteroatoms. The summed E-state index contributed by atoms with van der Waals surface area (Å²) in [6.45, 7) is 3.02. The Kier molecular flexibility index (Phi) is 4.91. The van der Waals surface area contributed by atoms with Crippen LogP contribution in [0.4, 0.5) is 10.2 Å². The molecule has 152 valence electrons. The van der Waals surface area contributed by atoms with Gasteiger partial charge in [0, 0.05) is 42.7 Å². The van der Waals surface area contributed by atoms with E-state index in [1.165, 1.54) is 12.1 Å². The lowest BCUT2D eigenvalue weighted by Crippen LogP contribution is -2.38. The molecule has 0 unspecified atom stereocenters. The van der Waals surface area contributed by atoms with Gasteiger partial charge in [-0.05, 0) is 37.1 Å². The number of carbonyl (C=O) groups excluding carboxylic acids is 1. The summed E-state index contributed by atoms with van der Waals surface area (Å²) < 4.78 is 13.2. The van der Waals surface area contributed by atoms with Gasteiger partial charge in [0.15, 0.2) is 5.82 Å². The van der Waals surface area contributed by atoms with Crippen molar-refractivity contribution in [1.29, 1.82) is 0 Å². The topological polar surface area (TPSA) is 49.3 Å². The first-order valence-electron chi connectivity index (χ1n) is 10.4. The number of benzene rings is 2. The molecule has 0 bridgehead atoms. The van der Waals surface area contributed by atoms with Crippen LogP contribution in [0.3, 0.4) is 0 Å². The predicted octanol–water partition coefficient (Wildman–Crippen LogP) is 4.08. The lowest BCUT2D eigenvalue weighted by atomic mass is 10.0. The fourth-order valence-electron chi connectivity index (χ4n) is 4.25. The zero-order valence-corrected chi connectivity index (χ0v) is 16.7. The highest BCUT2D eigenvalue weighted by Gasteiger charge is 2.29. The van der Waals surface area contributed by atoms with Crippen LogP contribution in [0.5, 0.6) is 0 Å². The lowest BCUT2D eigenvalue weighted by Gasteiger charge is -2.32. The molecule has 2 aliphatic heterocycles. The molecule has 5 nitrogen and oxygen atoms in total. The molecule has 2 aliphatic rings. The highest BCUT2D eigenvalue weighted by molar-refractivity contribution is 5.94. The molecule has 30 heavy (non-hydrogen) atoms. The third-order valence-corrected chi connectivity index (χ3v) is 5.85. The van der Waals surface area contributed by atoms with Gasteiger partial charge in [0.05, 0.1) is 12.2 Å². The van der Waals surface area contributed by atoms with Crippen molar-refractivity contribution in [3.63, 3.8) is 0 Å². The summed E-state index contributed by atoms with van der Waals surface area (Å²) in [6, 6.07) is 15.8. The van der Waals surface area contributed by atoms with Crippen molar-refractivity contribution in [3.05, 3.63) is 77.2 Å². The average Bonchev–Trinajstić information content (AvgIpc) is 3.33. The van der Waals surface area contributed by atoms with E-state index in [-0.39, 0.29) is 11.7 Å². The summed E-state index contributed by atoms with van der Waals surface area (Å²) in [5, 5.41) is 0. The second-order valence-corrected chi connectivity index (χ2v) is 7.84. The van der Waals surface area contributed by atoms with Crippen molar-refractivity contribution in [3.8, 4) is 11.4 Å². The minimum Gasteiger partial charge on any atom is -0.356 e. The van der Waals surface area contributed by atoms with Crippen LogP contribution >= 0.6 is 0 Å². The number of halogens is 1. The van der Waals surface area contributed by atoms with E-state index >= 15 is 0 Å². The summed E-state index contributed by atoms with van der Waals surface area (Å²) >= 11 is 0. The fraction of sp³-hybridized carbons (Fsp3) is 0.292. The molecule has 1 amide bonds. The number of amides is 1. The van der Waals surface area contributed by atoms with Gasteiger partial charge < -0.3 is 9.80 Å². The molecule has 2 aromatic carbocycles.